The molecule has 1 saturated heterocycles. The van der Waals surface area contributed by atoms with Crippen LogP contribution in [0.15, 0.2) is 18.2 Å². The van der Waals surface area contributed by atoms with Gasteiger partial charge in [-0.2, -0.15) is 0 Å². The van der Waals surface area contributed by atoms with Gasteiger partial charge in [0, 0.05) is 32.3 Å². The minimum Gasteiger partial charge on any atom is -0.383 e. The molecule has 0 aliphatic carbocycles. The molecule has 1 heterocycles. The van der Waals surface area contributed by atoms with Crippen molar-refractivity contribution in [3.8, 4) is 0 Å². The quantitative estimate of drug-likeness (QED) is 0.871. The molecule has 0 saturated carbocycles. The number of ether oxygens (including phenoxy) is 1. The molecule has 0 radical (unpaired) electrons. The molecule has 1 aromatic rings. The zero-order valence-electron chi connectivity index (χ0n) is 12.1. The number of rotatable bonds is 6. The Hall–Kier alpha value is -1.53. The molecule has 1 aromatic carbocycles. The van der Waals surface area contributed by atoms with Crippen LogP contribution < -0.4 is 5.32 Å². The van der Waals surface area contributed by atoms with E-state index in [1.165, 1.54) is 6.07 Å². The number of amides is 1. The van der Waals surface area contributed by atoms with Crippen molar-refractivity contribution < 1.29 is 18.3 Å². The van der Waals surface area contributed by atoms with Crippen molar-refractivity contribution in [3.05, 3.63) is 35.4 Å². The number of hydrogen-bond donors (Lipinski definition) is 1. The van der Waals surface area contributed by atoms with Gasteiger partial charge in [0.15, 0.2) is 0 Å². The first-order chi connectivity index (χ1) is 10.1. The van der Waals surface area contributed by atoms with Gasteiger partial charge in [-0.25, -0.2) is 8.78 Å². The van der Waals surface area contributed by atoms with Gasteiger partial charge >= 0.3 is 0 Å². The van der Waals surface area contributed by atoms with E-state index in [4.69, 9.17) is 4.74 Å². The first-order valence-electron chi connectivity index (χ1n) is 7.08. The lowest BCUT2D eigenvalue weighted by atomic mass is 10.1. The number of halogens is 2. The Morgan fingerprint density at radius 1 is 1.48 bits per heavy atom. The van der Waals surface area contributed by atoms with E-state index in [1.807, 2.05) is 0 Å². The van der Waals surface area contributed by atoms with Gasteiger partial charge in [-0.3, -0.25) is 4.79 Å². The maximum absolute atomic E-state index is 13.8. The molecular formula is C15H20F2N2O2. The Kier molecular flexibility index (Phi) is 5.64. The van der Waals surface area contributed by atoms with Gasteiger partial charge < -0.3 is 15.0 Å². The Bertz CT molecular complexity index is 491. The molecule has 1 aliphatic heterocycles. The highest BCUT2D eigenvalue weighted by Crippen LogP contribution is 2.14. The number of methoxy groups -OCH3 is 1. The van der Waals surface area contributed by atoms with Crippen LogP contribution in [0.1, 0.15) is 23.2 Å². The molecule has 1 aliphatic rings. The Morgan fingerprint density at radius 2 is 2.29 bits per heavy atom. The summed E-state index contributed by atoms with van der Waals surface area (Å²) in [5.41, 5.74) is -0.106. The van der Waals surface area contributed by atoms with Crippen molar-refractivity contribution in [1.82, 2.24) is 10.2 Å². The van der Waals surface area contributed by atoms with Crippen molar-refractivity contribution in [3.63, 3.8) is 0 Å². The third-order valence-electron chi connectivity index (χ3n) is 3.62. The van der Waals surface area contributed by atoms with Crippen molar-refractivity contribution in [2.75, 3.05) is 33.4 Å². The fourth-order valence-electron chi connectivity index (χ4n) is 2.49. The number of carbonyl (C=O) groups excluding carboxylic acids is 1. The van der Waals surface area contributed by atoms with Gasteiger partial charge in [0.1, 0.15) is 11.6 Å². The van der Waals surface area contributed by atoms with Crippen LogP contribution in [-0.2, 0) is 4.74 Å². The van der Waals surface area contributed by atoms with Crippen molar-refractivity contribution >= 4 is 5.91 Å². The summed E-state index contributed by atoms with van der Waals surface area (Å²) >= 11 is 0. The van der Waals surface area contributed by atoms with E-state index in [2.05, 4.69) is 5.32 Å². The SMILES string of the molecule is COCCN(CC1CCCN1)C(=O)c1ccc(F)cc1F. The summed E-state index contributed by atoms with van der Waals surface area (Å²) in [5, 5.41) is 3.31. The summed E-state index contributed by atoms with van der Waals surface area (Å²) in [6.07, 6.45) is 2.06. The first kappa shape index (κ1) is 15.9. The molecule has 0 spiro atoms. The summed E-state index contributed by atoms with van der Waals surface area (Å²) in [5.74, 6) is -1.95. The molecule has 1 fully saturated rings. The number of nitrogens with zero attached hydrogens (tertiary/aromatic N) is 1. The van der Waals surface area contributed by atoms with Crippen LogP contribution in [-0.4, -0.2) is 50.2 Å². The highest BCUT2D eigenvalue weighted by molar-refractivity contribution is 5.94. The van der Waals surface area contributed by atoms with Gasteiger partial charge in [-0.05, 0) is 31.5 Å². The largest absolute Gasteiger partial charge is 0.383 e. The molecule has 1 unspecified atom stereocenters. The highest BCUT2D eigenvalue weighted by Gasteiger charge is 2.24. The van der Waals surface area contributed by atoms with E-state index < -0.39 is 17.5 Å². The number of nitrogens with one attached hydrogen (secondary N) is 1. The summed E-state index contributed by atoms with van der Waals surface area (Å²) in [6.45, 7) is 2.19. The minimum atomic E-state index is -0.832. The Balaban J connectivity index is 2.11. The number of benzene rings is 1. The van der Waals surface area contributed by atoms with Gasteiger partial charge in [-0.15, -0.1) is 0 Å². The van der Waals surface area contributed by atoms with Gasteiger partial charge in [0.25, 0.3) is 5.91 Å². The summed E-state index contributed by atoms with van der Waals surface area (Å²) < 4.78 is 31.7. The monoisotopic (exact) mass is 298 g/mol. The van der Waals surface area contributed by atoms with Gasteiger partial charge in [0.2, 0.25) is 0 Å². The van der Waals surface area contributed by atoms with Crippen molar-refractivity contribution in [2.24, 2.45) is 0 Å². The average molecular weight is 298 g/mol. The van der Waals surface area contributed by atoms with Gasteiger partial charge in [0.05, 0.1) is 12.2 Å². The van der Waals surface area contributed by atoms with E-state index >= 15 is 0 Å². The van der Waals surface area contributed by atoms with Crippen LogP contribution in [0.25, 0.3) is 0 Å². The fraction of sp³-hybridized carbons (Fsp3) is 0.533. The zero-order chi connectivity index (χ0) is 15.2. The average Bonchev–Trinajstić information content (AvgIpc) is 2.95. The molecular weight excluding hydrogens is 278 g/mol. The molecule has 1 amide bonds. The summed E-state index contributed by atoms with van der Waals surface area (Å²) in [4.78, 5) is 14.0. The lowest BCUT2D eigenvalue weighted by molar-refractivity contribution is 0.0674. The molecule has 4 nitrogen and oxygen atoms in total. The second kappa shape index (κ2) is 7.47. The lowest BCUT2D eigenvalue weighted by Gasteiger charge is -2.26. The maximum Gasteiger partial charge on any atom is 0.256 e. The van der Waals surface area contributed by atoms with Crippen LogP contribution >= 0.6 is 0 Å². The van der Waals surface area contributed by atoms with Gasteiger partial charge in [-0.1, -0.05) is 0 Å². The second-order valence-corrected chi connectivity index (χ2v) is 5.16. The number of hydrogen-bond acceptors (Lipinski definition) is 3. The first-order valence-corrected chi connectivity index (χ1v) is 7.08. The summed E-state index contributed by atoms with van der Waals surface area (Å²) in [6, 6.07) is 3.23. The number of carbonyl (C=O) groups is 1. The molecule has 1 N–H and O–H groups in total. The summed E-state index contributed by atoms with van der Waals surface area (Å²) in [7, 11) is 1.55. The van der Waals surface area contributed by atoms with Crippen LogP contribution in [0.5, 0.6) is 0 Å². The van der Waals surface area contributed by atoms with E-state index in [0.29, 0.717) is 19.7 Å². The topological polar surface area (TPSA) is 41.6 Å². The molecule has 0 bridgehead atoms. The third-order valence-corrected chi connectivity index (χ3v) is 3.62. The standard InChI is InChI=1S/C15H20F2N2O2/c1-21-8-7-19(10-12-3-2-6-18-12)15(20)13-5-4-11(16)9-14(13)17/h4-5,9,12,18H,2-3,6-8,10H2,1H3. The minimum absolute atomic E-state index is 0.106. The maximum atomic E-state index is 13.8. The van der Waals surface area contributed by atoms with E-state index in [0.717, 1.165) is 31.5 Å². The second-order valence-electron chi connectivity index (χ2n) is 5.16. The molecule has 0 aromatic heterocycles. The molecule has 21 heavy (non-hydrogen) atoms. The molecule has 1 atom stereocenters. The molecule has 116 valence electrons. The highest BCUT2D eigenvalue weighted by atomic mass is 19.1. The molecule has 2 rings (SSSR count). The van der Waals surface area contributed by atoms with Crippen LogP contribution in [0.2, 0.25) is 0 Å². The van der Waals surface area contributed by atoms with Crippen molar-refractivity contribution in [1.29, 1.82) is 0 Å². The van der Waals surface area contributed by atoms with E-state index in [9.17, 15) is 13.6 Å². The fourth-order valence-corrected chi connectivity index (χ4v) is 2.49. The predicted molar refractivity (Wildman–Crippen MR) is 75.2 cm³/mol. The molecule has 6 heteroatoms. The van der Waals surface area contributed by atoms with E-state index in [1.54, 1.807) is 12.0 Å². The normalized spacial score (nSPS) is 18.0. The van der Waals surface area contributed by atoms with Crippen LogP contribution in [0, 0.1) is 11.6 Å². The van der Waals surface area contributed by atoms with E-state index in [-0.39, 0.29) is 11.6 Å². The van der Waals surface area contributed by atoms with Crippen molar-refractivity contribution in [2.45, 2.75) is 18.9 Å². The third kappa shape index (κ3) is 4.22. The Labute approximate surface area is 123 Å². The zero-order valence-corrected chi connectivity index (χ0v) is 12.1. The lowest BCUT2D eigenvalue weighted by Crippen LogP contribution is -2.43. The predicted octanol–water partition coefficient (Wildman–Crippen LogP) is 1.81. The van der Waals surface area contributed by atoms with Crippen LogP contribution in [0.3, 0.4) is 0 Å². The van der Waals surface area contributed by atoms with Crippen LogP contribution in [0.4, 0.5) is 8.78 Å². The smallest absolute Gasteiger partial charge is 0.256 e. The Morgan fingerprint density at radius 3 is 2.90 bits per heavy atom.